The second-order valence-corrected chi connectivity index (χ2v) is 7.97. The normalized spacial score (nSPS) is 19.1. The molecule has 1 aromatic rings. The molecule has 0 radical (unpaired) electrons. The molecule has 2 aliphatic heterocycles. The number of hydrogen-bond donors (Lipinski definition) is 1. The molecule has 3 rings (SSSR count). The van der Waals surface area contributed by atoms with Gasteiger partial charge in [0.2, 0.25) is 11.8 Å². The van der Waals surface area contributed by atoms with E-state index in [-0.39, 0.29) is 42.7 Å². The molecule has 1 N–H and O–H groups in total. The number of piperazine rings is 1. The molecule has 0 saturated carbocycles. The summed E-state index contributed by atoms with van der Waals surface area (Å²) in [5.74, 6) is -0.0374. The molecule has 1 atom stereocenters. The summed E-state index contributed by atoms with van der Waals surface area (Å²) in [6, 6.07) is 4.56. The summed E-state index contributed by atoms with van der Waals surface area (Å²) in [5.41, 5.74) is 0.739. The first-order chi connectivity index (χ1) is 13.8. The van der Waals surface area contributed by atoms with Gasteiger partial charge in [-0.05, 0) is 32.4 Å². The SMILES string of the molecule is CC(C)Oc1ccc(F)cc1N1CCN(CC(O)CN2C(=O)CCCC2=O)CC1.Cl. The number of carbonyl (C=O) groups is 2. The van der Waals surface area contributed by atoms with E-state index in [9.17, 15) is 19.1 Å². The minimum atomic E-state index is -0.776. The number of halogens is 2. The van der Waals surface area contributed by atoms with Crippen LogP contribution < -0.4 is 9.64 Å². The van der Waals surface area contributed by atoms with Crippen molar-refractivity contribution in [2.24, 2.45) is 0 Å². The van der Waals surface area contributed by atoms with Crippen molar-refractivity contribution in [3.05, 3.63) is 24.0 Å². The number of hydrogen-bond acceptors (Lipinski definition) is 6. The van der Waals surface area contributed by atoms with Gasteiger partial charge < -0.3 is 14.7 Å². The second-order valence-electron chi connectivity index (χ2n) is 7.97. The maximum atomic E-state index is 13.8. The second kappa shape index (κ2) is 10.9. The van der Waals surface area contributed by atoms with Crippen LogP contribution in [0.2, 0.25) is 0 Å². The summed E-state index contributed by atoms with van der Waals surface area (Å²) in [6.45, 7) is 7.04. The Kier molecular flexibility index (Phi) is 8.88. The number of anilines is 1. The van der Waals surface area contributed by atoms with E-state index in [2.05, 4.69) is 9.80 Å². The zero-order valence-electron chi connectivity index (χ0n) is 17.6. The topological polar surface area (TPSA) is 73.3 Å². The molecule has 9 heteroatoms. The summed E-state index contributed by atoms with van der Waals surface area (Å²) >= 11 is 0. The largest absolute Gasteiger partial charge is 0.489 e. The van der Waals surface area contributed by atoms with Crippen LogP contribution in [0.4, 0.5) is 10.1 Å². The van der Waals surface area contributed by atoms with Gasteiger partial charge in [-0.3, -0.25) is 19.4 Å². The smallest absolute Gasteiger partial charge is 0.229 e. The van der Waals surface area contributed by atoms with Gasteiger partial charge >= 0.3 is 0 Å². The van der Waals surface area contributed by atoms with Gasteiger partial charge in [0.25, 0.3) is 0 Å². The van der Waals surface area contributed by atoms with E-state index >= 15 is 0 Å². The lowest BCUT2D eigenvalue weighted by Gasteiger charge is -2.38. The molecular weight excluding hydrogens is 413 g/mol. The average molecular weight is 444 g/mol. The third kappa shape index (κ3) is 6.30. The Morgan fingerprint density at radius 2 is 1.70 bits per heavy atom. The fourth-order valence-electron chi connectivity index (χ4n) is 3.83. The van der Waals surface area contributed by atoms with Crippen LogP contribution in [0.15, 0.2) is 18.2 Å². The van der Waals surface area contributed by atoms with E-state index in [1.807, 2.05) is 13.8 Å². The van der Waals surface area contributed by atoms with Crippen LogP contribution in [0.1, 0.15) is 33.1 Å². The Balaban J connectivity index is 0.00000320. The third-order valence-electron chi connectivity index (χ3n) is 5.24. The minimum absolute atomic E-state index is 0. The number of benzene rings is 1. The summed E-state index contributed by atoms with van der Waals surface area (Å²) in [5, 5.41) is 10.4. The number of rotatable bonds is 7. The van der Waals surface area contributed by atoms with E-state index < -0.39 is 6.10 Å². The lowest BCUT2D eigenvalue weighted by Crippen LogP contribution is -2.51. The van der Waals surface area contributed by atoms with Crippen LogP contribution in [-0.4, -0.2) is 78.2 Å². The monoisotopic (exact) mass is 443 g/mol. The zero-order chi connectivity index (χ0) is 21.0. The average Bonchev–Trinajstić information content (AvgIpc) is 2.67. The molecule has 2 aliphatic rings. The highest BCUT2D eigenvalue weighted by Gasteiger charge is 2.29. The summed E-state index contributed by atoms with van der Waals surface area (Å²) in [6.07, 6.45) is 0.545. The Labute approximate surface area is 183 Å². The van der Waals surface area contributed by atoms with E-state index in [4.69, 9.17) is 4.74 Å². The molecule has 7 nitrogen and oxygen atoms in total. The Bertz CT molecular complexity index is 725. The zero-order valence-corrected chi connectivity index (χ0v) is 18.4. The van der Waals surface area contributed by atoms with Gasteiger partial charge in [0.1, 0.15) is 11.6 Å². The van der Waals surface area contributed by atoms with Crippen molar-refractivity contribution in [2.75, 3.05) is 44.2 Å². The van der Waals surface area contributed by atoms with Crippen molar-refractivity contribution >= 4 is 29.9 Å². The van der Waals surface area contributed by atoms with Gasteiger partial charge in [0.05, 0.1) is 24.4 Å². The van der Waals surface area contributed by atoms with Gasteiger partial charge in [0.15, 0.2) is 0 Å². The van der Waals surface area contributed by atoms with Crippen molar-refractivity contribution in [3.63, 3.8) is 0 Å². The molecule has 1 unspecified atom stereocenters. The molecule has 1 aromatic carbocycles. The number of likely N-dealkylation sites (tertiary alicyclic amines) is 1. The van der Waals surface area contributed by atoms with Crippen LogP contribution in [0.5, 0.6) is 5.75 Å². The fraction of sp³-hybridized carbons (Fsp3) is 0.619. The van der Waals surface area contributed by atoms with E-state index in [0.717, 1.165) is 5.69 Å². The quantitative estimate of drug-likeness (QED) is 0.650. The van der Waals surface area contributed by atoms with Crippen LogP contribution in [0.3, 0.4) is 0 Å². The van der Waals surface area contributed by atoms with Gasteiger partial charge in [-0.15, -0.1) is 12.4 Å². The standard InChI is InChI=1S/C21H30FN3O4.ClH/c1-15(2)29-19-7-6-16(22)12-18(19)24-10-8-23(9-11-24)13-17(26)14-25-20(27)4-3-5-21(25)28;/h6-7,12,15,17,26H,3-5,8-11,13-14H2,1-2H3;1H. The van der Waals surface area contributed by atoms with Gasteiger partial charge in [-0.1, -0.05) is 0 Å². The Hall–Kier alpha value is -1.90. The number of amides is 2. The third-order valence-corrected chi connectivity index (χ3v) is 5.24. The predicted octanol–water partition coefficient (Wildman–Crippen LogP) is 2.06. The van der Waals surface area contributed by atoms with Crippen LogP contribution in [0.25, 0.3) is 0 Å². The van der Waals surface area contributed by atoms with Crippen molar-refractivity contribution < 1.29 is 23.8 Å². The van der Waals surface area contributed by atoms with Crippen molar-refractivity contribution in [1.82, 2.24) is 9.80 Å². The molecule has 168 valence electrons. The van der Waals surface area contributed by atoms with E-state index in [1.54, 1.807) is 6.07 Å². The van der Waals surface area contributed by atoms with Crippen LogP contribution in [-0.2, 0) is 9.59 Å². The molecule has 0 bridgehead atoms. The number of piperidine rings is 1. The lowest BCUT2D eigenvalue weighted by atomic mass is 10.1. The van der Waals surface area contributed by atoms with Crippen molar-refractivity contribution in [1.29, 1.82) is 0 Å². The molecule has 2 fully saturated rings. The first-order valence-electron chi connectivity index (χ1n) is 10.3. The summed E-state index contributed by atoms with van der Waals surface area (Å²) in [4.78, 5) is 29.2. The number of imide groups is 1. The van der Waals surface area contributed by atoms with Crippen LogP contribution in [0, 0.1) is 5.82 Å². The Morgan fingerprint density at radius 1 is 1.07 bits per heavy atom. The van der Waals surface area contributed by atoms with Gasteiger partial charge in [0, 0.05) is 51.6 Å². The first-order valence-corrected chi connectivity index (χ1v) is 10.3. The maximum Gasteiger partial charge on any atom is 0.229 e. The number of carbonyl (C=O) groups excluding carboxylic acids is 2. The minimum Gasteiger partial charge on any atom is -0.489 e. The first kappa shape index (κ1) is 24.4. The molecule has 0 spiro atoms. The van der Waals surface area contributed by atoms with Gasteiger partial charge in [-0.2, -0.15) is 0 Å². The molecule has 2 amide bonds. The molecular formula is C21H31ClFN3O4. The highest BCUT2D eigenvalue weighted by Crippen LogP contribution is 2.31. The number of β-amino-alcohol motifs (C(OH)–C–C–N with tert-alkyl or cyclic N) is 1. The lowest BCUT2D eigenvalue weighted by molar-refractivity contribution is -0.149. The highest BCUT2D eigenvalue weighted by molar-refractivity contribution is 5.97. The fourth-order valence-corrected chi connectivity index (χ4v) is 3.83. The number of nitrogens with zero attached hydrogens (tertiary/aromatic N) is 3. The van der Waals surface area contributed by atoms with Gasteiger partial charge in [-0.25, -0.2) is 4.39 Å². The molecule has 2 heterocycles. The summed E-state index contributed by atoms with van der Waals surface area (Å²) in [7, 11) is 0. The number of ether oxygens (including phenoxy) is 1. The molecule has 30 heavy (non-hydrogen) atoms. The molecule has 0 aliphatic carbocycles. The van der Waals surface area contributed by atoms with E-state index in [1.165, 1.54) is 17.0 Å². The van der Waals surface area contributed by atoms with E-state index in [0.29, 0.717) is 57.7 Å². The summed E-state index contributed by atoms with van der Waals surface area (Å²) < 4.78 is 19.6. The molecule has 0 aromatic heterocycles. The van der Waals surface area contributed by atoms with Crippen molar-refractivity contribution in [2.45, 2.75) is 45.3 Å². The molecule has 2 saturated heterocycles. The number of aliphatic hydroxyl groups excluding tert-OH is 1. The Morgan fingerprint density at radius 3 is 2.30 bits per heavy atom. The highest BCUT2D eigenvalue weighted by atomic mass is 35.5. The predicted molar refractivity (Wildman–Crippen MR) is 115 cm³/mol. The van der Waals surface area contributed by atoms with Crippen LogP contribution >= 0.6 is 12.4 Å². The van der Waals surface area contributed by atoms with Crippen molar-refractivity contribution in [3.8, 4) is 5.75 Å². The maximum absolute atomic E-state index is 13.8. The number of aliphatic hydroxyl groups is 1.